The fraction of sp³-hybridized carbons (Fsp3) is 0.309. The van der Waals surface area contributed by atoms with Crippen LogP contribution in [0.2, 0.25) is 0 Å². The van der Waals surface area contributed by atoms with E-state index in [1.807, 2.05) is 22.7 Å². The second-order valence-corrected chi connectivity index (χ2v) is 43.7. The highest BCUT2D eigenvalue weighted by Crippen LogP contribution is 2.57. The summed E-state index contributed by atoms with van der Waals surface area (Å²) < 4.78 is 5.51. The summed E-state index contributed by atoms with van der Waals surface area (Å²) in [6.45, 7) is 53.3. The number of nitrogens with zero attached hydrogens (tertiary/aromatic N) is 4. The average molecular weight is 1580 g/mol. The summed E-state index contributed by atoms with van der Waals surface area (Å²) in [5.41, 5.74) is 44.7. The van der Waals surface area contributed by atoms with E-state index < -0.39 is 0 Å². The van der Waals surface area contributed by atoms with Crippen molar-refractivity contribution in [3.63, 3.8) is 0 Å². The number of thiophene rings is 2. The van der Waals surface area contributed by atoms with Gasteiger partial charge in [-0.3, -0.25) is 0 Å². The van der Waals surface area contributed by atoms with Crippen molar-refractivity contribution in [2.45, 2.75) is 222 Å². The number of hydrogen-bond acceptors (Lipinski definition) is 6. The minimum Gasteiger partial charge on any atom is -0.311 e. The van der Waals surface area contributed by atoms with Gasteiger partial charge >= 0.3 is 0 Å². The number of hydrogen-bond donors (Lipinski definition) is 0. The van der Waals surface area contributed by atoms with E-state index in [0.717, 1.165) is 32.1 Å². The predicted octanol–water partition coefficient (Wildman–Crippen LogP) is 27.3. The van der Waals surface area contributed by atoms with Crippen molar-refractivity contribution in [1.82, 2.24) is 0 Å². The SMILES string of the molecule is Cc1cc2c3c(c1)N(c1cc(C(C)(C)C)cc(C(C)(C)C)c1)c1c(sc4ccccc14)B3c1cc3c(cc1N2c1ccc(-c2cccc(CC(C)(C)c4ccc(N5c6cc(C)cc7c6B(c6cc8c(cc6N7c6c(C)cc(-c7ccccc7)cc6C)C(C)(C)CCC8(C)C)c6sc7ccccc7c65)cc4)c2C)cc1C)C(C)(C)CCC3(C)C. The second kappa shape index (κ2) is 26.4. The third-order valence-electron chi connectivity index (χ3n) is 28.8. The number of anilines is 12. The molecule has 0 radical (unpaired) electrons. The van der Waals surface area contributed by atoms with Gasteiger partial charge in [-0.15, -0.1) is 22.7 Å². The maximum absolute atomic E-state index is 2.71. The first-order chi connectivity index (χ1) is 55.9. The Morgan fingerprint density at radius 3 is 1.27 bits per heavy atom. The van der Waals surface area contributed by atoms with Crippen LogP contribution in [0.1, 0.15) is 214 Å². The van der Waals surface area contributed by atoms with E-state index in [0.29, 0.717) is 0 Å². The minimum absolute atomic E-state index is 0.00736. The van der Waals surface area contributed by atoms with Crippen LogP contribution in [0.15, 0.2) is 218 Å². The first kappa shape index (κ1) is 76.6. The van der Waals surface area contributed by atoms with Crippen LogP contribution in [0.4, 0.5) is 68.2 Å². The summed E-state index contributed by atoms with van der Waals surface area (Å²) in [5, 5.41) is 2.63. The lowest BCUT2D eigenvalue weighted by atomic mass is 9.35. The molecule has 14 aromatic rings. The fourth-order valence-corrected chi connectivity index (χ4v) is 24.5. The second-order valence-electron chi connectivity index (χ2n) is 41.5. The predicted molar refractivity (Wildman–Crippen MR) is 516 cm³/mol. The van der Waals surface area contributed by atoms with Gasteiger partial charge in [-0.05, 0) is 331 Å². The topological polar surface area (TPSA) is 13.0 Å². The van der Waals surface area contributed by atoms with Crippen molar-refractivity contribution in [1.29, 1.82) is 0 Å². The molecule has 6 heterocycles. The largest absolute Gasteiger partial charge is 0.311 e. The maximum Gasteiger partial charge on any atom is 0.264 e. The first-order valence-corrected chi connectivity index (χ1v) is 45.1. The molecule has 0 bridgehead atoms. The van der Waals surface area contributed by atoms with Crippen LogP contribution in [0.5, 0.6) is 0 Å². The third kappa shape index (κ3) is 11.8. The molecule has 0 spiro atoms. The van der Waals surface area contributed by atoms with Gasteiger partial charge in [-0.25, -0.2) is 0 Å². The lowest BCUT2D eigenvalue weighted by molar-refractivity contribution is 0.332. The summed E-state index contributed by atoms with van der Waals surface area (Å²) in [6.07, 6.45) is 5.50. The summed E-state index contributed by atoms with van der Waals surface area (Å²) in [4.78, 5) is 10.8. The molecule has 4 nitrogen and oxygen atoms in total. The minimum atomic E-state index is -0.208. The molecule has 0 atom stereocenters. The number of aryl methyl sites for hydroxylation is 5. The molecule has 0 N–H and O–H groups in total. The molecule has 0 saturated heterocycles. The highest BCUT2D eigenvalue weighted by Gasteiger charge is 2.51. The maximum atomic E-state index is 2.71. The Bertz CT molecular complexity index is 6530. The Hall–Kier alpha value is -10.1. The monoisotopic (exact) mass is 1570 g/mol. The number of fused-ring (bicyclic) bond motifs is 14. The molecule has 6 aliphatic rings. The van der Waals surface area contributed by atoms with Gasteiger partial charge in [0.2, 0.25) is 0 Å². The van der Waals surface area contributed by atoms with Crippen LogP contribution in [0, 0.1) is 41.5 Å². The molecule has 0 fully saturated rings. The zero-order valence-corrected chi connectivity index (χ0v) is 75.2. The lowest BCUT2D eigenvalue weighted by Gasteiger charge is -2.47. The zero-order chi connectivity index (χ0) is 82.5. The molecule has 20 rings (SSSR count). The Balaban J connectivity index is 0.680. The Labute approximate surface area is 711 Å². The average Bonchev–Trinajstić information content (AvgIpc) is 1.24. The molecule has 118 heavy (non-hydrogen) atoms. The van der Waals surface area contributed by atoms with Gasteiger partial charge in [0.1, 0.15) is 0 Å². The van der Waals surface area contributed by atoms with Crippen LogP contribution in [0.25, 0.3) is 42.4 Å². The van der Waals surface area contributed by atoms with Crippen molar-refractivity contribution < 1.29 is 0 Å². The van der Waals surface area contributed by atoms with Gasteiger partial charge < -0.3 is 19.6 Å². The number of benzene rings is 12. The van der Waals surface area contributed by atoms with Crippen LogP contribution in [-0.4, -0.2) is 13.4 Å². The summed E-state index contributed by atoms with van der Waals surface area (Å²) in [7, 11) is 0. The molecule has 4 aliphatic heterocycles. The normalized spacial score (nSPS) is 16.5. The molecule has 0 amide bonds. The van der Waals surface area contributed by atoms with Crippen molar-refractivity contribution >= 4 is 156 Å². The third-order valence-corrected chi connectivity index (χ3v) is 31.3. The summed E-state index contributed by atoms with van der Waals surface area (Å²) >= 11 is 4.01. The quantitative estimate of drug-likeness (QED) is 0.134. The van der Waals surface area contributed by atoms with Crippen molar-refractivity contribution in [3.8, 4) is 22.3 Å². The van der Waals surface area contributed by atoms with E-state index in [1.165, 1.54) is 220 Å². The smallest absolute Gasteiger partial charge is 0.264 e. The van der Waals surface area contributed by atoms with Gasteiger partial charge in [-0.1, -0.05) is 232 Å². The molecular weight excluding hydrogens is 1460 g/mol. The summed E-state index contributed by atoms with van der Waals surface area (Å²) in [6, 6.07) is 86.8. The van der Waals surface area contributed by atoms with Crippen LogP contribution in [-0.2, 0) is 44.3 Å². The van der Waals surface area contributed by atoms with Gasteiger partial charge in [0.15, 0.2) is 0 Å². The first-order valence-electron chi connectivity index (χ1n) is 43.5. The van der Waals surface area contributed by atoms with Gasteiger partial charge in [0, 0.05) is 80.9 Å². The summed E-state index contributed by atoms with van der Waals surface area (Å²) in [5.74, 6) is 0. The Kier molecular flexibility index (Phi) is 17.2. The Morgan fingerprint density at radius 1 is 0.339 bits per heavy atom. The zero-order valence-electron chi connectivity index (χ0n) is 73.6. The van der Waals surface area contributed by atoms with E-state index in [-0.39, 0.29) is 51.3 Å². The van der Waals surface area contributed by atoms with Crippen LogP contribution < -0.4 is 51.0 Å². The standard InChI is InChI=1S/C110H112B2N4S2/c1-64-50-92-97-93(51-64)115(89-61-84-82(106(13,14)45-47-108(84,17)18)59-86(89)111(97)103-101(81-35-27-29-38-96(81)118-103)114(92)78-57-75(104(7,8)9)56-76(58-78)105(10,11)12)88-44-39-71(53-66(88)3)79-36-30-33-72(69(79)6)63-110(21,22)74-40-42-77(43-41-74)113-91-49-65(2)52-94-98(91)112(102-100(113)80-34-26-28-37-95(80)117-102)87-60-83-85(109(19,20)48-46-107(83,15)16)62-90(87)116(94)99-67(4)54-73(55-68(99)5)70-31-24-23-25-32-70/h23-44,49-62H,45-48,63H2,1-22H3. The molecule has 12 aromatic carbocycles. The van der Waals surface area contributed by atoms with E-state index in [2.05, 4.69) is 390 Å². The molecular formula is C110H112B2N4S2. The fourth-order valence-electron chi connectivity index (χ4n) is 21.9. The van der Waals surface area contributed by atoms with E-state index in [1.54, 1.807) is 0 Å². The van der Waals surface area contributed by atoms with Gasteiger partial charge in [-0.2, -0.15) is 0 Å². The van der Waals surface area contributed by atoms with Crippen LogP contribution in [0.3, 0.4) is 0 Å². The van der Waals surface area contributed by atoms with Crippen molar-refractivity contribution in [3.05, 3.63) is 296 Å². The van der Waals surface area contributed by atoms with E-state index in [4.69, 9.17) is 0 Å². The van der Waals surface area contributed by atoms with Crippen molar-refractivity contribution in [2.24, 2.45) is 0 Å². The highest BCUT2D eigenvalue weighted by molar-refractivity contribution is 7.34. The van der Waals surface area contributed by atoms with Crippen LogP contribution >= 0.6 is 22.7 Å². The number of rotatable bonds is 9. The van der Waals surface area contributed by atoms with E-state index in [9.17, 15) is 0 Å². The molecule has 0 saturated carbocycles. The molecule has 2 aliphatic carbocycles. The molecule has 590 valence electrons. The molecule has 0 unspecified atom stereocenters. The highest BCUT2D eigenvalue weighted by atomic mass is 32.1. The lowest BCUT2D eigenvalue weighted by Crippen LogP contribution is -2.61. The van der Waals surface area contributed by atoms with Gasteiger partial charge in [0.05, 0.1) is 17.1 Å². The Morgan fingerprint density at radius 2 is 0.780 bits per heavy atom. The van der Waals surface area contributed by atoms with Gasteiger partial charge in [0.25, 0.3) is 13.4 Å². The molecule has 8 heteroatoms. The van der Waals surface area contributed by atoms with Crippen molar-refractivity contribution in [2.75, 3.05) is 19.6 Å². The molecule has 2 aromatic heterocycles. The van der Waals surface area contributed by atoms with E-state index >= 15 is 0 Å².